The van der Waals surface area contributed by atoms with Crippen LogP contribution in [0.3, 0.4) is 0 Å². The van der Waals surface area contributed by atoms with Gasteiger partial charge in [0, 0.05) is 0 Å². The lowest BCUT2D eigenvalue weighted by molar-refractivity contribution is 0.0629. The van der Waals surface area contributed by atoms with Gasteiger partial charge in [0.25, 0.3) is 11.8 Å². The lowest BCUT2D eigenvalue weighted by Gasteiger charge is -2.34. The standard InChI is InChI=1S/C20H18ClFN4O2/c1-20(2,3)15(24-17-14(22)8-11(9-23)16(21)25-17)10-26-18(27)12-6-4-5-7-13(12)19(26)28/h4-8,15H,10H2,1-3H3,(H,24,25)/t15-/m0/s1. The van der Waals surface area contributed by atoms with Gasteiger partial charge in [-0.3, -0.25) is 14.5 Å². The first-order valence-electron chi connectivity index (χ1n) is 8.61. The summed E-state index contributed by atoms with van der Waals surface area (Å²) in [6.45, 7) is 5.71. The van der Waals surface area contributed by atoms with Gasteiger partial charge < -0.3 is 5.32 Å². The highest BCUT2D eigenvalue weighted by molar-refractivity contribution is 6.30. The van der Waals surface area contributed by atoms with Crippen LogP contribution in [-0.4, -0.2) is 34.3 Å². The number of aromatic nitrogens is 1. The van der Waals surface area contributed by atoms with Crippen molar-refractivity contribution < 1.29 is 14.0 Å². The summed E-state index contributed by atoms with van der Waals surface area (Å²) in [4.78, 5) is 30.4. The molecule has 6 nitrogen and oxygen atoms in total. The zero-order valence-corrected chi connectivity index (χ0v) is 16.3. The Balaban J connectivity index is 1.90. The first-order valence-corrected chi connectivity index (χ1v) is 8.99. The molecule has 0 saturated carbocycles. The second kappa shape index (κ2) is 7.21. The Kier molecular flexibility index (Phi) is 5.09. The van der Waals surface area contributed by atoms with Gasteiger partial charge in [-0.05, 0) is 23.6 Å². The Morgan fingerprint density at radius 1 is 1.25 bits per heavy atom. The Labute approximate surface area is 166 Å². The van der Waals surface area contributed by atoms with Crippen molar-refractivity contribution in [3.05, 3.63) is 58.0 Å². The number of fused-ring (bicyclic) bond motifs is 1. The minimum Gasteiger partial charge on any atom is -0.363 e. The molecule has 8 heteroatoms. The minimum absolute atomic E-state index is 0.0224. The van der Waals surface area contributed by atoms with E-state index < -0.39 is 17.3 Å². The van der Waals surface area contributed by atoms with Gasteiger partial charge in [0.2, 0.25) is 0 Å². The highest BCUT2D eigenvalue weighted by Gasteiger charge is 2.39. The van der Waals surface area contributed by atoms with Crippen LogP contribution in [0.25, 0.3) is 0 Å². The van der Waals surface area contributed by atoms with Gasteiger partial charge in [-0.2, -0.15) is 5.26 Å². The van der Waals surface area contributed by atoms with Gasteiger partial charge >= 0.3 is 0 Å². The number of pyridine rings is 1. The molecule has 2 aromatic rings. The summed E-state index contributed by atoms with van der Waals surface area (Å²) in [7, 11) is 0. The van der Waals surface area contributed by atoms with Gasteiger partial charge in [0.05, 0.1) is 29.3 Å². The zero-order chi connectivity index (χ0) is 20.6. The molecule has 0 radical (unpaired) electrons. The molecule has 0 bridgehead atoms. The van der Waals surface area contributed by atoms with Crippen LogP contribution >= 0.6 is 11.6 Å². The number of carbonyl (C=O) groups is 2. The van der Waals surface area contributed by atoms with Crippen molar-refractivity contribution in [1.29, 1.82) is 5.26 Å². The largest absolute Gasteiger partial charge is 0.363 e. The molecule has 1 N–H and O–H groups in total. The minimum atomic E-state index is -0.738. The second-order valence-corrected chi connectivity index (χ2v) is 7.96. The smallest absolute Gasteiger partial charge is 0.261 e. The van der Waals surface area contributed by atoms with Crippen LogP contribution in [0.1, 0.15) is 47.1 Å². The first-order chi connectivity index (χ1) is 13.1. The predicted molar refractivity (Wildman–Crippen MR) is 103 cm³/mol. The SMILES string of the molecule is CC(C)(C)[C@H](CN1C(=O)c2ccccc2C1=O)Nc1nc(Cl)c(C#N)cc1F. The average molecular weight is 401 g/mol. The lowest BCUT2D eigenvalue weighted by atomic mass is 9.86. The summed E-state index contributed by atoms with van der Waals surface area (Å²) in [5, 5.41) is 11.8. The number of anilines is 1. The Morgan fingerprint density at radius 2 is 1.82 bits per heavy atom. The van der Waals surface area contributed by atoms with Crippen molar-refractivity contribution in [1.82, 2.24) is 9.88 Å². The van der Waals surface area contributed by atoms with Crippen LogP contribution < -0.4 is 5.32 Å². The molecule has 0 fully saturated rings. The monoisotopic (exact) mass is 400 g/mol. The van der Waals surface area contributed by atoms with E-state index in [2.05, 4.69) is 10.3 Å². The van der Waals surface area contributed by atoms with Crippen molar-refractivity contribution in [2.75, 3.05) is 11.9 Å². The predicted octanol–water partition coefficient (Wildman–Crippen LogP) is 3.87. The van der Waals surface area contributed by atoms with E-state index >= 15 is 0 Å². The number of carbonyl (C=O) groups excluding carboxylic acids is 2. The molecule has 0 unspecified atom stereocenters. The molecule has 0 aliphatic carbocycles. The van der Waals surface area contributed by atoms with Crippen molar-refractivity contribution >= 4 is 29.2 Å². The number of benzene rings is 1. The van der Waals surface area contributed by atoms with E-state index in [1.54, 1.807) is 30.3 Å². The van der Waals surface area contributed by atoms with Crippen LogP contribution in [0.2, 0.25) is 5.15 Å². The molecule has 0 saturated heterocycles. The summed E-state index contributed by atoms with van der Waals surface area (Å²) in [6.07, 6.45) is 0. The van der Waals surface area contributed by atoms with Crippen LogP contribution in [0.15, 0.2) is 30.3 Å². The lowest BCUT2D eigenvalue weighted by Crippen LogP contribution is -2.46. The van der Waals surface area contributed by atoms with Crippen molar-refractivity contribution in [2.24, 2.45) is 5.41 Å². The number of imide groups is 1. The number of nitrogens with zero attached hydrogens (tertiary/aromatic N) is 3. The normalized spacial score (nSPS) is 14.6. The number of nitrogens with one attached hydrogen (secondary N) is 1. The van der Waals surface area contributed by atoms with Crippen molar-refractivity contribution in [3.8, 4) is 6.07 Å². The highest BCUT2D eigenvalue weighted by Crippen LogP contribution is 2.29. The van der Waals surface area contributed by atoms with Crippen LogP contribution in [0, 0.1) is 22.6 Å². The van der Waals surface area contributed by atoms with Gasteiger partial charge in [0.15, 0.2) is 11.6 Å². The van der Waals surface area contributed by atoms with Gasteiger partial charge in [-0.1, -0.05) is 44.5 Å². The van der Waals surface area contributed by atoms with Crippen molar-refractivity contribution in [2.45, 2.75) is 26.8 Å². The number of amides is 2. The topological polar surface area (TPSA) is 86.1 Å². The van der Waals surface area contributed by atoms with Gasteiger partial charge in [-0.15, -0.1) is 0 Å². The number of rotatable bonds is 4. The Bertz CT molecular complexity index is 975. The van der Waals surface area contributed by atoms with E-state index in [0.29, 0.717) is 11.1 Å². The molecule has 1 aliphatic rings. The van der Waals surface area contributed by atoms with Crippen LogP contribution in [0.4, 0.5) is 10.2 Å². The molecule has 2 amide bonds. The van der Waals surface area contributed by atoms with E-state index in [4.69, 9.17) is 16.9 Å². The maximum atomic E-state index is 14.4. The molecule has 1 aromatic carbocycles. The second-order valence-electron chi connectivity index (χ2n) is 7.60. The molecule has 1 atom stereocenters. The van der Waals surface area contributed by atoms with Crippen molar-refractivity contribution in [3.63, 3.8) is 0 Å². The average Bonchev–Trinajstić information content (AvgIpc) is 2.88. The fourth-order valence-corrected chi connectivity index (χ4v) is 3.12. The van der Waals surface area contributed by atoms with E-state index in [1.807, 2.05) is 20.8 Å². The summed E-state index contributed by atoms with van der Waals surface area (Å²) in [6, 6.07) is 8.87. The molecular weight excluding hydrogens is 383 g/mol. The molecule has 0 spiro atoms. The number of hydrogen-bond acceptors (Lipinski definition) is 5. The summed E-state index contributed by atoms with van der Waals surface area (Å²) >= 11 is 5.92. The first kappa shape index (κ1) is 19.8. The molecule has 3 rings (SSSR count). The van der Waals surface area contributed by atoms with Crippen LogP contribution in [-0.2, 0) is 0 Å². The molecule has 144 valence electrons. The van der Waals surface area contributed by atoms with E-state index in [1.165, 1.54) is 0 Å². The highest BCUT2D eigenvalue weighted by atomic mass is 35.5. The maximum absolute atomic E-state index is 14.4. The number of nitriles is 1. The van der Waals surface area contributed by atoms with Crippen LogP contribution in [0.5, 0.6) is 0 Å². The summed E-state index contributed by atoms with van der Waals surface area (Å²) in [5.74, 6) is -1.65. The molecular formula is C20H18ClFN4O2. The third-order valence-corrected chi connectivity index (χ3v) is 4.94. The van der Waals surface area contributed by atoms with Gasteiger partial charge in [-0.25, -0.2) is 9.37 Å². The van der Waals surface area contributed by atoms with E-state index in [0.717, 1.165) is 11.0 Å². The molecule has 1 aromatic heterocycles. The quantitative estimate of drug-likeness (QED) is 0.622. The fourth-order valence-electron chi connectivity index (χ4n) is 2.93. The molecule has 2 heterocycles. The van der Waals surface area contributed by atoms with E-state index in [9.17, 15) is 14.0 Å². The zero-order valence-electron chi connectivity index (χ0n) is 15.6. The van der Waals surface area contributed by atoms with E-state index in [-0.39, 0.29) is 34.9 Å². The third kappa shape index (κ3) is 3.56. The number of halogens is 2. The Hall–Kier alpha value is -2.98. The summed E-state index contributed by atoms with van der Waals surface area (Å²) < 4.78 is 14.4. The maximum Gasteiger partial charge on any atom is 0.261 e. The molecule has 1 aliphatic heterocycles. The van der Waals surface area contributed by atoms with Gasteiger partial charge in [0.1, 0.15) is 11.2 Å². The third-order valence-electron chi connectivity index (χ3n) is 4.65. The summed E-state index contributed by atoms with van der Waals surface area (Å²) in [5.41, 5.74) is 0.179. The molecule has 28 heavy (non-hydrogen) atoms. The Morgan fingerprint density at radius 3 is 2.32 bits per heavy atom. The fraction of sp³-hybridized carbons (Fsp3) is 0.300. The number of hydrogen-bond donors (Lipinski definition) is 1.